The SMILES string of the molecule is CCCNC(=O)CCNCc1ccc(Br)c(F)c1. The second-order valence-corrected chi connectivity index (χ2v) is 4.88. The summed E-state index contributed by atoms with van der Waals surface area (Å²) in [6, 6.07) is 5.01. The van der Waals surface area contributed by atoms with Gasteiger partial charge < -0.3 is 10.6 Å². The molecule has 0 aliphatic rings. The average molecular weight is 317 g/mol. The van der Waals surface area contributed by atoms with Gasteiger partial charge in [0.2, 0.25) is 5.91 Å². The van der Waals surface area contributed by atoms with Crippen molar-refractivity contribution in [3.05, 3.63) is 34.1 Å². The maximum atomic E-state index is 13.2. The van der Waals surface area contributed by atoms with Gasteiger partial charge in [0.25, 0.3) is 0 Å². The Kier molecular flexibility index (Phi) is 6.90. The van der Waals surface area contributed by atoms with Crippen molar-refractivity contribution < 1.29 is 9.18 Å². The Bertz CT molecular complexity index is 399. The molecule has 0 aliphatic heterocycles. The molecular formula is C13H18BrFN2O. The van der Waals surface area contributed by atoms with Crippen molar-refractivity contribution in [3.63, 3.8) is 0 Å². The fourth-order valence-corrected chi connectivity index (χ4v) is 1.68. The van der Waals surface area contributed by atoms with E-state index in [4.69, 9.17) is 0 Å². The van der Waals surface area contributed by atoms with E-state index in [1.165, 1.54) is 6.07 Å². The highest BCUT2D eigenvalue weighted by Crippen LogP contribution is 2.16. The summed E-state index contributed by atoms with van der Waals surface area (Å²) >= 11 is 3.11. The Balaban J connectivity index is 2.21. The number of benzene rings is 1. The number of carbonyl (C=O) groups excluding carboxylic acids is 1. The Labute approximate surface area is 115 Å². The molecule has 1 aromatic rings. The smallest absolute Gasteiger partial charge is 0.221 e. The largest absolute Gasteiger partial charge is 0.356 e. The van der Waals surface area contributed by atoms with Gasteiger partial charge in [-0.1, -0.05) is 13.0 Å². The van der Waals surface area contributed by atoms with Gasteiger partial charge in [-0.3, -0.25) is 4.79 Å². The van der Waals surface area contributed by atoms with Gasteiger partial charge in [0, 0.05) is 26.1 Å². The van der Waals surface area contributed by atoms with Crippen LogP contribution >= 0.6 is 15.9 Å². The van der Waals surface area contributed by atoms with Crippen molar-refractivity contribution in [2.45, 2.75) is 26.3 Å². The van der Waals surface area contributed by atoms with Crippen LogP contribution in [0.4, 0.5) is 4.39 Å². The molecule has 100 valence electrons. The van der Waals surface area contributed by atoms with Crippen molar-refractivity contribution in [2.75, 3.05) is 13.1 Å². The maximum Gasteiger partial charge on any atom is 0.221 e. The first kappa shape index (κ1) is 15.1. The van der Waals surface area contributed by atoms with Crippen LogP contribution in [0.25, 0.3) is 0 Å². The van der Waals surface area contributed by atoms with Crippen LogP contribution in [0, 0.1) is 5.82 Å². The summed E-state index contributed by atoms with van der Waals surface area (Å²) in [5, 5.41) is 5.92. The van der Waals surface area contributed by atoms with E-state index < -0.39 is 0 Å². The average Bonchev–Trinajstić information content (AvgIpc) is 2.36. The van der Waals surface area contributed by atoms with Gasteiger partial charge >= 0.3 is 0 Å². The summed E-state index contributed by atoms with van der Waals surface area (Å²) in [5.74, 6) is -0.221. The first-order valence-corrected chi connectivity index (χ1v) is 6.84. The van der Waals surface area contributed by atoms with E-state index in [9.17, 15) is 9.18 Å². The fraction of sp³-hybridized carbons (Fsp3) is 0.462. The third-order valence-electron chi connectivity index (χ3n) is 2.41. The number of hydrogen-bond acceptors (Lipinski definition) is 2. The molecule has 1 rings (SSSR count). The molecule has 0 saturated heterocycles. The number of rotatable bonds is 7. The molecule has 0 atom stereocenters. The molecular weight excluding hydrogens is 299 g/mol. The second kappa shape index (κ2) is 8.21. The Morgan fingerprint density at radius 3 is 2.83 bits per heavy atom. The number of halogens is 2. The fourth-order valence-electron chi connectivity index (χ4n) is 1.44. The van der Waals surface area contributed by atoms with Gasteiger partial charge in [0.15, 0.2) is 0 Å². The lowest BCUT2D eigenvalue weighted by molar-refractivity contribution is -0.120. The van der Waals surface area contributed by atoms with Gasteiger partial charge in [-0.05, 0) is 40.0 Å². The first-order chi connectivity index (χ1) is 8.63. The van der Waals surface area contributed by atoms with E-state index in [0.717, 1.165) is 18.5 Å². The highest BCUT2D eigenvalue weighted by Gasteiger charge is 2.02. The van der Waals surface area contributed by atoms with Gasteiger partial charge in [-0.2, -0.15) is 0 Å². The number of nitrogens with one attached hydrogen (secondary N) is 2. The topological polar surface area (TPSA) is 41.1 Å². The molecule has 0 fully saturated rings. The Morgan fingerprint density at radius 2 is 2.17 bits per heavy atom. The van der Waals surface area contributed by atoms with Crippen LogP contribution in [0.5, 0.6) is 0 Å². The summed E-state index contributed by atoms with van der Waals surface area (Å²) in [6.07, 6.45) is 1.39. The van der Waals surface area contributed by atoms with Crippen molar-refractivity contribution in [3.8, 4) is 0 Å². The molecule has 18 heavy (non-hydrogen) atoms. The van der Waals surface area contributed by atoms with Crippen LogP contribution in [-0.2, 0) is 11.3 Å². The third-order valence-corrected chi connectivity index (χ3v) is 3.06. The number of hydrogen-bond donors (Lipinski definition) is 2. The molecule has 0 saturated carbocycles. The van der Waals surface area contributed by atoms with Gasteiger partial charge in [0.05, 0.1) is 4.47 Å². The monoisotopic (exact) mass is 316 g/mol. The van der Waals surface area contributed by atoms with Crippen LogP contribution in [0.1, 0.15) is 25.3 Å². The van der Waals surface area contributed by atoms with Crippen LogP contribution in [0.2, 0.25) is 0 Å². The minimum absolute atomic E-state index is 0.0475. The zero-order valence-corrected chi connectivity index (χ0v) is 12.0. The molecule has 2 N–H and O–H groups in total. The Hall–Kier alpha value is -0.940. The lowest BCUT2D eigenvalue weighted by Crippen LogP contribution is -2.28. The van der Waals surface area contributed by atoms with Crippen LogP contribution in [-0.4, -0.2) is 19.0 Å². The summed E-state index contributed by atoms with van der Waals surface area (Å²) in [6.45, 7) is 3.88. The lowest BCUT2D eigenvalue weighted by Gasteiger charge is -2.06. The van der Waals surface area contributed by atoms with E-state index >= 15 is 0 Å². The molecule has 0 unspecified atom stereocenters. The number of carbonyl (C=O) groups is 1. The van der Waals surface area contributed by atoms with Gasteiger partial charge in [-0.25, -0.2) is 4.39 Å². The molecule has 0 heterocycles. The second-order valence-electron chi connectivity index (χ2n) is 4.03. The first-order valence-electron chi connectivity index (χ1n) is 6.04. The summed E-state index contributed by atoms with van der Waals surface area (Å²) in [7, 11) is 0. The Morgan fingerprint density at radius 1 is 1.39 bits per heavy atom. The lowest BCUT2D eigenvalue weighted by atomic mass is 10.2. The van der Waals surface area contributed by atoms with Gasteiger partial charge in [0.1, 0.15) is 5.82 Å². The predicted octanol–water partition coefficient (Wildman–Crippen LogP) is 2.59. The molecule has 0 aromatic heterocycles. The van der Waals surface area contributed by atoms with Crippen LogP contribution in [0.3, 0.4) is 0 Å². The molecule has 1 aromatic carbocycles. The van der Waals surface area contributed by atoms with Crippen molar-refractivity contribution in [2.24, 2.45) is 0 Å². The molecule has 3 nitrogen and oxygen atoms in total. The quantitative estimate of drug-likeness (QED) is 0.759. The summed E-state index contributed by atoms with van der Waals surface area (Å²) < 4.78 is 13.7. The van der Waals surface area contributed by atoms with Crippen molar-refractivity contribution >= 4 is 21.8 Å². The van der Waals surface area contributed by atoms with E-state index in [-0.39, 0.29) is 11.7 Å². The maximum absolute atomic E-state index is 13.2. The summed E-state index contributed by atoms with van der Waals surface area (Å²) in [4.78, 5) is 11.3. The highest BCUT2D eigenvalue weighted by molar-refractivity contribution is 9.10. The molecule has 0 aliphatic carbocycles. The van der Waals surface area contributed by atoms with E-state index in [2.05, 4.69) is 26.6 Å². The highest BCUT2D eigenvalue weighted by atomic mass is 79.9. The normalized spacial score (nSPS) is 10.4. The third kappa shape index (κ3) is 5.60. The minimum atomic E-state index is -0.269. The number of amides is 1. The van der Waals surface area contributed by atoms with Gasteiger partial charge in [-0.15, -0.1) is 0 Å². The molecule has 1 amide bonds. The van der Waals surface area contributed by atoms with Crippen LogP contribution < -0.4 is 10.6 Å². The van der Waals surface area contributed by atoms with E-state index in [1.54, 1.807) is 6.07 Å². The van der Waals surface area contributed by atoms with E-state index in [0.29, 0.717) is 24.0 Å². The molecule has 5 heteroatoms. The van der Waals surface area contributed by atoms with Crippen LogP contribution in [0.15, 0.2) is 22.7 Å². The zero-order chi connectivity index (χ0) is 13.4. The standard InChI is InChI=1S/C13H18BrFN2O/c1-2-6-17-13(18)5-7-16-9-10-3-4-11(14)12(15)8-10/h3-4,8,16H,2,5-7,9H2,1H3,(H,17,18). The van der Waals surface area contributed by atoms with Crippen molar-refractivity contribution in [1.82, 2.24) is 10.6 Å². The summed E-state index contributed by atoms with van der Waals surface area (Å²) in [5.41, 5.74) is 0.865. The minimum Gasteiger partial charge on any atom is -0.356 e. The molecule has 0 spiro atoms. The molecule has 0 radical (unpaired) electrons. The zero-order valence-electron chi connectivity index (χ0n) is 10.4. The van der Waals surface area contributed by atoms with Crippen molar-refractivity contribution in [1.29, 1.82) is 0 Å². The predicted molar refractivity (Wildman–Crippen MR) is 73.7 cm³/mol. The van der Waals surface area contributed by atoms with E-state index in [1.807, 2.05) is 13.0 Å². The molecule has 0 bridgehead atoms.